The maximum Gasteiger partial charge on any atom is 0.247 e. The average Bonchev–Trinajstić information content (AvgIpc) is 2.79. The van der Waals surface area contributed by atoms with E-state index in [9.17, 15) is 9.59 Å². The topological polar surface area (TPSA) is 49.4 Å². The second-order valence-electron chi connectivity index (χ2n) is 4.07. The third-order valence-corrected chi connectivity index (χ3v) is 2.73. The molecule has 1 aliphatic rings. The first-order chi connectivity index (χ1) is 7.65. The molecule has 1 heterocycles. The van der Waals surface area contributed by atoms with Crippen molar-refractivity contribution in [3.05, 3.63) is 11.6 Å². The van der Waals surface area contributed by atoms with Crippen molar-refractivity contribution in [1.82, 2.24) is 10.2 Å². The van der Waals surface area contributed by atoms with Crippen molar-refractivity contribution in [3.8, 4) is 0 Å². The molecule has 4 heteroatoms. The summed E-state index contributed by atoms with van der Waals surface area (Å²) < 4.78 is 0. The molecule has 1 saturated heterocycles. The van der Waals surface area contributed by atoms with Crippen LogP contribution in [0.5, 0.6) is 0 Å². The molecular formula is C12H20N2O2. The predicted molar refractivity (Wildman–Crippen MR) is 62.9 cm³/mol. The number of likely N-dealkylation sites (tertiary alicyclic amines) is 1. The summed E-state index contributed by atoms with van der Waals surface area (Å²) in [6.07, 6.45) is 4.85. The standard InChI is InChI=1S/C12H20N2O2/c1-3-6-10(2)12(16)13-9-11(15)14-7-4-5-8-14/h6H,3-5,7-9H2,1-2H3,(H,13,16). The molecule has 1 aliphatic heterocycles. The molecule has 1 N–H and O–H groups in total. The highest BCUT2D eigenvalue weighted by Gasteiger charge is 2.18. The third kappa shape index (κ3) is 3.68. The molecule has 0 aromatic heterocycles. The number of carbonyl (C=O) groups is 2. The fraction of sp³-hybridized carbons (Fsp3) is 0.667. The third-order valence-electron chi connectivity index (χ3n) is 2.73. The van der Waals surface area contributed by atoms with Gasteiger partial charge < -0.3 is 10.2 Å². The summed E-state index contributed by atoms with van der Waals surface area (Å²) in [6, 6.07) is 0. The van der Waals surface area contributed by atoms with Gasteiger partial charge in [-0.1, -0.05) is 13.0 Å². The summed E-state index contributed by atoms with van der Waals surface area (Å²) in [5, 5.41) is 2.65. The summed E-state index contributed by atoms with van der Waals surface area (Å²) in [4.78, 5) is 24.9. The Morgan fingerprint density at radius 2 is 1.94 bits per heavy atom. The molecule has 1 rings (SSSR count). The Morgan fingerprint density at radius 1 is 1.31 bits per heavy atom. The van der Waals surface area contributed by atoms with E-state index in [0.717, 1.165) is 32.4 Å². The van der Waals surface area contributed by atoms with Crippen LogP contribution in [-0.4, -0.2) is 36.3 Å². The quantitative estimate of drug-likeness (QED) is 0.726. The number of nitrogens with zero attached hydrogens (tertiary/aromatic N) is 1. The minimum absolute atomic E-state index is 0.0233. The molecule has 0 unspecified atom stereocenters. The molecule has 2 amide bonds. The zero-order valence-corrected chi connectivity index (χ0v) is 10.1. The zero-order valence-electron chi connectivity index (χ0n) is 10.1. The number of amides is 2. The first-order valence-corrected chi connectivity index (χ1v) is 5.88. The highest BCUT2D eigenvalue weighted by atomic mass is 16.2. The van der Waals surface area contributed by atoms with Crippen molar-refractivity contribution in [2.45, 2.75) is 33.1 Å². The van der Waals surface area contributed by atoms with Crippen molar-refractivity contribution in [3.63, 3.8) is 0 Å². The van der Waals surface area contributed by atoms with Crippen LogP contribution in [0.15, 0.2) is 11.6 Å². The normalized spacial score (nSPS) is 16.4. The van der Waals surface area contributed by atoms with E-state index in [-0.39, 0.29) is 18.4 Å². The lowest BCUT2D eigenvalue weighted by Crippen LogP contribution is -2.38. The van der Waals surface area contributed by atoms with Gasteiger partial charge in [0.15, 0.2) is 0 Å². The van der Waals surface area contributed by atoms with Gasteiger partial charge in [0.25, 0.3) is 0 Å². The second kappa shape index (κ2) is 6.30. The van der Waals surface area contributed by atoms with E-state index < -0.39 is 0 Å². The molecule has 4 nitrogen and oxygen atoms in total. The van der Waals surface area contributed by atoms with E-state index in [4.69, 9.17) is 0 Å². The smallest absolute Gasteiger partial charge is 0.247 e. The van der Waals surface area contributed by atoms with E-state index in [0.29, 0.717) is 5.57 Å². The van der Waals surface area contributed by atoms with Crippen LogP contribution in [0.3, 0.4) is 0 Å². The summed E-state index contributed by atoms with van der Waals surface area (Å²) in [5.74, 6) is -0.121. The van der Waals surface area contributed by atoms with Crippen molar-refractivity contribution >= 4 is 11.8 Å². The molecule has 0 aromatic carbocycles. The largest absolute Gasteiger partial charge is 0.343 e. The van der Waals surface area contributed by atoms with Gasteiger partial charge >= 0.3 is 0 Å². The Kier molecular flexibility index (Phi) is 5.02. The van der Waals surface area contributed by atoms with Gasteiger partial charge in [-0.15, -0.1) is 0 Å². The fourth-order valence-corrected chi connectivity index (χ4v) is 1.77. The van der Waals surface area contributed by atoms with Crippen LogP contribution in [0, 0.1) is 0 Å². The number of rotatable bonds is 4. The van der Waals surface area contributed by atoms with Crippen molar-refractivity contribution in [1.29, 1.82) is 0 Å². The minimum atomic E-state index is -0.144. The number of hydrogen-bond acceptors (Lipinski definition) is 2. The Bertz CT molecular complexity index is 291. The molecule has 0 saturated carbocycles. The molecule has 16 heavy (non-hydrogen) atoms. The maximum absolute atomic E-state index is 11.6. The number of carbonyl (C=O) groups excluding carboxylic acids is 2. The monoisotopic (exact) mass is 224 g/mol. The highest BCUT2D eigenvalue weighted by Crippen LogP contribution is 2.06. The minimum Gasteiger partial charge on any atom is -0.343 e. The highest BCUT2D eigenvalue weighted by molar-refractivity contribution is 5.95. The van der Waals surface area contributed by atoms with Crippen molar-refractivity contribution in [2.75, 3.05) is 19.6 Å². The fourth-order valence-electron chi connectivity index (χ4n) is 1.77. The predicted octanol–water partition coefficient (Wildman–Crippen LogP) is 1.08. The van der Waals surface area contributed by atoms with Crippen molar-refractivity contribution in [2.24, 2.45) is 0 Å². The Morgan fingerprint density at radius 3 is 2.50 bits per heavy atom. The lowest BCUT2D eigenvalue weighted by molar-refractivity contribution is -0.131. The van der Waals surface area contributed by atoms with Crippen LogP contribution in [0.25, 0.3) is 0 Å². The van der Waals surface area contributed by atoms with E-state index >= 15 is 0 Å². The van der Waals surface area contributed by atoms with Crippen LogP contribution in [-0.2, 0) is 9.59 Å². The first kappa shape index (κ1) is 12.7. The SMILES string of the molecule is CCC=C(C)C(=O)NCC(=O)N1CCCC1. The molecule has 90 valence electrons. The molecule has 1 fully saturated rings. The van der Waals surface area contributed by atoms with Gasteiger partial charge in [0.2, 0.25) is 11.8 Å². The molecular weight excluding hydrogens is 204 g/mol. The number of allylic oxidation sites excluding steroid dienone is 1. The first-order valence-electron chi connectivity index (χ1n) is 5.88. The summed E-state index contributed by atoms with van der Waals surface area (Å²) in [6.45, 7) is 5.52. The van der Waals surface area contributed by atoms with Gasteiger partial charge in [-0.25, -0.2) is 0 Å². The number of hydrogen-bond donors (Lipinski definition) is 1. The molecule has 0 atom stereocenters. The Labute approximate surface area is 96.7 Å². The van der Waals surface area contributed by atoms with Gasteiger partial charge in [-0.2, -0.15) is 0 Å². The molecule has 0 spiro atoms. The van der Waals surface area contributed by atoms with E-state index in [2.05, 4.69) is 5.32 Å². The summed E-state index contributed by atoms with van der Waals surface area (Å²) >= 11 is 0. The van der Waals surface area contributed by atoms with Crippen LogP contribution in [0.1, 0.15) is 33.1 Å². The Hall–Kier alpha value is -1.32. The van der Waals surface area contributed by atoms with E-state index in [1.807, 2.05) is 13.0 Å². The second-order valence-corrected chi connectivity index (χ2v) is 4.07. The summed E-state index contributed by atoms with van der Waals surface area (Å²) in [7, 11) is 0. The Balaban J connectivity index is 2.31. The van der Waals surface area contributed by atoms with Crippen molar-refractivity contribution < 1.29 is 9.59 Å². The van der Waals surface area contributed by atoms with E-state index in [1.165, 1.54) is 0 Å². The molecule has 0 aromatic rings. The zero-order chi connectivity index (χ0) is 12.0. The van der Waals surface area contributed by atoms with Gasteiger partial charge in [0.05, 0.1) is 6.54 Å². The van der Waals surface area contributed by atoms with Gasteiger partial charge in [-0.3, -0.25) is 9.59 Å². The van der Waals surface area contributed by atoms with Gasteiger partial charge in [-0.05, 0) is 26.2 Å². The van der Waals surface area contributed by atoms with Gasteiger partial charge in [0, 0.05) is 18.7 Å². The van der Waals surface area contributed by atoms with Crippen LogP contribution < -0.4 is 5.32 Å². The summed E-state index contributed by atoms with van der Waals surface area (Å²) in [5.41, 5.74) is 0.678. The van der Waals surface area contributed by atoms with Crippen LogP contribution in [0.2, 0.25) is 0 Å². The average molecular weight is 224 g/mol. The molecule has 0 bridgehead atoms. The van der Waals surface area contributed by atoms with Crippen LogP contribution in [0.4, 0.5) is 0 Å². The molecule has 0 aliphatic carbocycles. The van der Waals surface area contributed by atoms with Gasteiger partial charge in [0.1, 0.15) is 0 Å². The van der Waals surface area contributed by atoms with E-state index in [1.54, 1.807) is 11.8 Å². The molecule has 0 radical (unpaired) electrons. The maximum atomic E-state index is 11.6. The lowest BCUT2D eigenvalue weighted by Gasteiger charge is -2.15. The van der Waals surface area contributed by atoms with Crippen LogP contribution >= 0.6 is 0 Å². The lowest BCUT2D eigenvalue weighted by atomic mass is 10.2. The number of nitrogens with one attached hydrogen (secondary N) is 1.